The van der Waals surface area contributed by atoms with Crippen LogP contribution >= 0.6 is 0 Å². The molecule has 3 unspecified atom stereocenters. The van der Waals surface area contributed by atoms with Crippen LogP contribution in [-0.4, -0.2) is 14.1 Å². The Morgan fingerprint density at radius 3 is 1.96 bits per heavy atom. The molecule has 7 aromatic carbocycles. The second-order valence-electron chi connectivity index (χ2n) is 20.5. The standard InChI is InChI=1S/C66H49N3.C6H10/c1-42-14-10-27-64-65(42)56-34-32-50-40-58(50)66(56)69(64)53-22-13-19-48(38-53)49-33-35-60-59(39-49)57(45-30-28-44(29-31-45)43-15-4-2-5-16-43)41-61(67-60)51-20-11-17-46(36-51)47-18-12-21-52(37-47)68-62-25-7-3-6-23-54(62)55-24-8-9-26-63(55)68;1-3-5-6-4-2/h2-13,15-24,26-39,41-42,50,58H,14,25,40H2,1H3;3-6H,1-2H3/b;5-3-,6-4-. The Hall–Kier alpha value is -8.79. The first-order chi connectivity index (χ1) is 37.0. The quantitative estimate of drug-likeness (QED) is 0.139. The molecule has 0 spiro atoms. The third-order valence-electron chi connectivity index (χ3n) is 15.8. The van der Waals surface area contributed by atoms with E-state index in [-0.39, 0.29) is 0 Å². The number of rotatable bonds is 8. The first kappa shape index (κ1) is 46.0. The van der Waals surface area contributed by atoms with E-state index in [9.17, 15) is 0 Å². The zero-order chi connectivity index (χ0) is 50.4. The van der Waals surface area contributed by atoms with E-state index < -0.39 is 0 Å². The average molecular weight is 966 g/mol. The number of hydrogen-bond donors (Lipinski definition) is 0. The Morgan fingerprint density at radius 1 is 0.520 bits per heavy atom. The highest BCUT2D eigenvalue weighted by atomic mass is 15.0. The fourth-order valence-corrected chi connectivity index (χ4v) is 12.0. The predicted octanol–water partition coefficient (Wildman–Crippen LogP) is 19.2. The van der Waals surface area contributed by atoms with Crippen molar-refractivity contribution in [2.75, 3.05) is 0 Å². The molecule has 3 aromatic heterocycles. The third kappa shape index (κ3) is 8.49. The molecule has 3 atom stereocenters. The van der Waals surface area contributed by atoms with Gasteiger partial charge in [-0.3, -0.25) is 0 Å². The van der Waals surface area contributed by atoms with E-state index in [1.807, 2.05) is 38.2 Å². The van der Waals surface area contributed by atoms with Crippen LogP contribution in [0.25, 0.3) is 107 Å². The van der Waals surface area contributed by atoms with Crippen LogP contribution in [0.1, 0.15) is 79.2 Å². The van der Waals surface area contributed by atoms with Gasteiger partial charge >= 0.3 is 0 Å². The van der Waals surface area contributed by atoms with Gasteiger partial charge in [0, 0.05) is 62.7 Å². The molecule has 75 heavy (non-hydrogen) atoms. The molecule has 0 N–H and O–H groups in total. The van der Waals surface area contributed by atoms with E-state index in [4.69, 9.17) is 4.98 Å². The summed E-state index contributed by atoms with van der Waals surface area (Å²) in [6, 6.07) is 64.8. The molecule has 1 fully saturated rings. The predicted molar refractivity (Wildman–Crippen MR) is 319 cm³/mol. The molecule has 4 aliphatic rings. The van der Waals surface area contributed by atoms with Crippen molar-refractivity contribution in [3.8, 4) is 67.1 Å². The van der Waals surface area contributed by atoms with Gasteiger partial charge in [0.15, 0.2) is 0 Å². The Balaban J connectivity index is 0.000000854. The maximum absolute atomic E-state index is 5.46. The summed E-state index contributed by atoms with van der Waals surface area (Å²) in [5.41, 5.74) is 24.6. The minimum absolute atomic E-state index is 0.511. The van der Waals surface area contributed by atoms with E-state index in [1.54, 1.807) is 0 Å². The molecule has 0 aliphatic heterocycles. The average Bonchev–Trinajstić information content (AvgIpc) is 4.17. The Bertz CT molecular complexity index is 4000. The van der Waals surface area contributed by atoms with Crippen molar-refractivity contribution in [3.63, 3.8) is 0 Å². The van der Waals surface area contributed by atoms with Gasteiger partial charge in [0.1, 0.15) is 0 Å². The van der Waals surface area contributed by atoms with Crippen LogP contribution in [0.5, 0.6) is 0 Å². The highest BCUT2D eigenvalue weighted by molar-refractivity contribution is 6.00. The molecule has 362 valence electrons. The van der Waals surface area contributed by atoms with Gasteiger partial charge in [-0.1, -0.05) is 195 Å². The highest BCUT2D eigenvalue weighted by Crippen LogP contribution is 2.56. The molecule has 10 aromatic rings. The molecule has 3 heterocycles. The molecule has 0 saturated heterocycles. The lowest BCUT2D eigenvalue weighted by atomic mass is 9.88. The molecule has 0 amide bonds. The summed E-state index contributed by atoms with van der Waals surface area (Å²) in [4.78, 5) is 5.46. The maximum Gasteiger partial charge on any atom is 0.0716 e. The number of hydrogen-bond acceptors (Lipinski definition) is 1. The third-order valence-corrected chi connectivity index (χ3v) is 15.8. The van der Waals surface area contributed by atoms with Gasteiger partial charge in [-0.25, -0.2) is 4.98 Å². The summed E-state index contributed by atoms with van der Waals surface area (Å²) < 4.78 is 5.04. The highest BCUT2D eigenvalue weighted by Gasteiger charge is 2.44. The van der Waals surface area contributed by atoms with Crippen LogP contribution in [0.2, 0.25) is 0 Å². The van der Waals surface area contributed by atoms with Crippen molar-refractivity contribution in [3.05, 3.63) is 264 Å². The maximum atomic E-state index is 5.46. The smallest absolute Gasteiger partial charge is 0.0716 e. The van der Waals surface area contributed by atoms with Gasteiger partial charge < -0.3 is 9.13 Å². The number of aromatic nitrogens is 3. The van der Waals surface area contributed by atoms with Crippen molar-refractivity contribution in [1.82, 2.24) is 14.1 Å². The van der Waals surface area contributed by atoms with Gasteiger partial charge in [-0.05, 0) is 155 Å². The Morgan fingerprint density at radius 2 is 1.17 bits per heavy atom. The van der Waals surface area contributed by atoms with E-state index >= 15 is 0 Å². The van der Waals surface area contributed by atoms with Gasteiger partial charge in [0.2, 0.25) is 0 Å². The van der Waals surface area contributed by atoms with Crippen LogP contribution in [0.15, 0.2) is 231 Å². The largest absolute Gasteiger partial charge is 0.313 e. The van der Waals surface area contributed by atoms with Crippen molar-refractivity contribution in [1.29, 1.82) is 0 Å². The first-order valence-corrected chi connectivity index (χ1v) is 26.8. The molecule has 0 bridgehead atoms. The lowest BCUT2D eigenvalue weighted by Gasteiger charge is -2.18. The number of para-hydroxylation sites is 1. The summed E-state index contributed by atoms with van der Waals surface area (Å²) >= 11 is 0. The topological polar surface area (TPSA) is 22.8 Å². The lowest BCUT2D eigenvalue weighted by molar-refractivity contribution is 0.766. The molecule has 3 heteroatoms. The first-order valence-electron chi connectivity index (χ1n) is 26.8. The van der Waals surface area contributed by atoms with E-state index in [0.29, 0.717) is 17.8 Å². The van der Waals surface area contributed by atoms with Crippen LogP contribution in [0.4, 0.5) is 0 Å². The van der Waals surface area contributed by atoms with E-state index in [2.05, 4.69) is 241 Å². The summed E-state index contributed by atoms with van der Waals surface area (Å²) in [5.74, 6) is 1.79. The van der Waals surface area contributed by atoms with Gasteiger partial charge in [-0.15, -0.1) is 0 Å². The van der Waals surface area contributed by atoms with E-state index in [0.717, 1.165) is 46.3 Å². The molecular weight excluding hydrogens is 907 g/mol. The second kappa shape index (κ2) is 19.6. The zero-order valence-electron chi connectivity index (χ0n) is 42.9. The van der Waals surface area contributed by atoms with Gasteiger partial charge in [0.05, 0.1) is 16.7 Å². The van der Waals surface area contributed by atoms with Crippen LogP contribution in [-0.2, 0) is 6.42 Å². The van der Waals surface area contributed by atoms with Gasteiger partial charge in [0.25, 0.3) is 0 Å². The molecule has 3 nitrogen and oxygen atoms in total. The van der Waals surface area contributed by atoms with Crippen molar-refractivity contribution < 1.29 is 0 Å². The fraction of sp³-hybridized carbons (Fsp3) is 0.125. The molecule has 1 saturated carbocycles. The summed E-state index contributed by atoms with van der Waals surface area (Å²) in [6.07, 6.45) is 29.7. The second-order valence-corrected chi connectivity index (χ2v) is 20.5. The normalized spacial score (nSPS) is 16.9. The fourth-order valence-electron chi connectivity index (χ4n) is 12.0. The number of nitrogens with zero attached hydrogens (tertiary/aromatic N) is 3. The summed E-state index contributed by atoms with van der Waals surface area (Å²) in [7, 11) is 0. The number of allylic oxidation sites excluding steroid dienone is 9. The van der Waals surface area contributed by atoms with E-state index in [1.165, 1.54) is 95.7 Å². The zero-order valence-corrected chi connectivity index (χ0v) is 42.9. The number of benzene rings is 7. The lowest BCUT2D eigenvalue weighted by Crippen LogP contribution is -2.05. The van der Waals surface area contributed by atoms with Crippen LogP contribution in [0.3, 0.4) is 0 Å². The Labute approximate surface area is 441 Å². The Kier molecular flexibility index (Phi) is 12.0. The minimum atomic E-state index is 0.511. The van der Waals surface area contributed by atoms with Crippen LogP contribution in [0, 0.1) is 5.92 Å². The van der Waals surface area contributed by atoms with Crippen molar-refractivity contribution >= 4 is 40.0 Å². The monoisotopic (exact) mass is 965 g/mol. The SMILES string of the molecule is C/C=C\C=C/C.CC1CC=Cc2c1c1c(n2-c2cccc(-c3ccc4nc(-c5cccc(-c6cccc(-n7c8c(c9ccccc97)C=CC=CC8)c6)c5)cc(-c5ccc(-c6ccccc6)cc5)c4c3)c2)C2CC2C=C1. The van der Waals surface area contributed by atoms with Gasteiger partial charge in [-0.2, -0.15) is 0 Å². The number of pyridine rings is 1. The molecular formula is C72H59N3. The number of fused-ring (bicyclic) bond motifs is 9. The van der Waals surface area contributed by atoms with Crippen molar-refractivity contribution in [2.24, 2.45) is 5.92 Å². The minimum Gasteiger partial charge on any atom is -0.313 e. The summed E-state index contributed by atoms with van der Waals surface area (Å²) in [5, 5.41) is 2.42. The van der Waals surface area contributed by atoms with Crippen LogP contribution < -0.4 is 0 Å². The molecule has 0 radical (unpaired) electrons. The summed E-state index contributed by atoms with van der Waals surface area (Å²) in [6.45, 7) is 6.39. The van der Waals surface area contributed by atoms with Crippen molar-refractivity contribution in [2.45, 2.75) is 51.9 Å². The molecule has 4 aliphatic carbocycles. The molecule has 14 rings (SSSR count).